The number of ether oxygens (including phenoxy) is 1. The summed E-state index contributed by atoms with van der Waals surface area (Å²) in [4.78, 5) is 25.9. The van der Waals surface area contributed by atoms with E-state index in [9.17, 15) is 14.0 Å². The minimum Gasteiger partial charge on any atom is -0.492 e. The Morgan fingerprint density at radius 1 is 1.12 bits per heavy atom. The van der Waals surface area contributed by atoms with Gasteiger partial charge in [-0.2, -0.15) is 0 Å². The molecule has 0 spiro atoms. The lowest BCUT2D eigenvalue weighted by atomic mass is 9.92. The van der Waals surface area contributed by atoms with Crippen LogP contribution in [0.3, 0.4) is 0 Å². The van der Waals surface area contributed by atoms with E-state index in [-0.39, 0.29) is 19.1 Å². The highest BCUT2D eigenvalue weighted by molar-refractivity contribution is 6.07. The maximum Gasteiger partial charge on any atom is 0.325 e. The van der Waals surface area contributed by atoms with E-state index in [0.717, 1.165) is 10.5 Å². The molecule has 0 unspecified atom stereocenters. The molecule has 124 valence electrons. The number of rotatable bonds is 5. The number of urea groups is 1. The van der Waals surface area contributed by atoms with Crippen LogP contribution in [0, 0.1) is 5.82 Å². The first-order valence-electron chi connectivity index (χ1n) is 7.59. The molecule has 2 aromatic carbocycles. The number of nitrogens with zero attached hydrogens (tertiary/aromatic N) is 1. The quantitative estimate of drug-likeness (QED) is 0.859. The van der Waals surface area contributed by atoms with Gasteiger partial charge in [-0.15, -0.1) is 0 Å². The zero-order valence-electron chi connectivity index (χ0n) is 13.2. The predicted molar refractivity (Wildman–Crippen MR) is 85.9 cm³/mol. The molecule has 1 atom stereocenters. The van der Waals surface area contributed by atoms with Crippen LogP contribution in [0.15, 0.2) is 54.6 Å². The highest BCUT2D eigenvalue weighted by Gasteiger charge is 2.48. The summed E-state index contributed by atoms with van der Waals surface area (Å²) in [6.45, 7) is 1.85. The Kier molecular flexibility index (Phi) is 4.20. The number of amides is 3. The monoisotopic (exact) mass is 328 g/mol. The summed E-state index contributed by atoms with van der Waals surface area (Å²) in [7, 11) is 0. The van der Waals surface area contributed by atoms with Crippen molar-refractivity contribution in [2.75, 3.05) is 13.2 Å². The third-order valence-corrected chi connectivity index (χ3v) is 4.01. The van der Waals surface area contributed by atoms with Crippen molar-refractivity contribution < 1.29 is 18.7 Å². The molecule has 1 N–H and O–H groups in total. The van der Waals surface area contributed by atoms with Crippen LogP contribution in [0.1, 0.15) is 12.5 Å². The van der Waals surface area contributed by atoms with Crippen LogP contribution in [-0.2, 0) is 10.3 Å². The fraction of sp³-hybridized carbons (Fsp3) is 0.222. The Balaban J connectivity index is 1.67. The van der Waals surface area contributed by atoms with E-state index < -0.39 is 17.4 Å². The molecule has 0 aromatic heterocycles. The normalized spacial score (nSPS) is 20.2. The number of hydrogen-bond acceptors (Lipinski definition) is 3. The number of carbonyl (C=O) groups excluding carboxylic acids is 2. The highest BCUT2D eigenvalue weighted by Crippen LogP contribution is 2.28. The number of nitrogens with one attached hydrogen (secondary N) is 1. The van der Waals surface area contributed by atoms with Gasteiger partial charge in [0.1, 0.15) is 23.7 Å². The molecule has 1 saturated heterocycles. The Hall–Kier alpha value is -2.89. The summed E-state index contributed by atoms with van der Waals surface area (Å²) >= 11 is 0. The SMILES string of the molecule is C[C@@]1(c2ccccc2)NC(=O)N(CCOc2cccc(F)c2)C1=O. The number of hydrogen-bond donors (Lipinski definition) is 1. The van der Waals surface area contributed by atoms with Gasteiger partial charge < -0.3 is 10.1 Å². The molecule has 3 rings (SSSR count). The summed E-state index contributed by atoms with van der Waals surface area (Å²) < 4.78 is 18.5. The lowest BCUT2D eigenvalue weighted by Gasteiger charge is -2.22. The maximum absolute atomic E-state index is 13.1. The molecule has 3 amide bonds. The molecule has 0 bridgehead atoms. The van der Waals surface area contributed by atoms with Crippen LogP contribution in [0.4, 0.5) is 9.18 Å². The molecule has 0 aliphatic carbocycles. The summed E-state index contributed by atoms with van der Waals surface area (Å²) in [5, 5.41) is 2.73. The van der Waals surface area contributed by atoms with Crippen molar-refractivity contribution in [3.63, 3.8) is 0 Å². The van der Waals surface area contributed by atoms with E-state index in [2.05, 4.69) is 5.32 Å². The van der Waals surface area contributed by atoms with Gasteiger partial charge in [0.25, 0.3) is 5.91 Å². The second-order valence-corrected chi connectivity index (χ2v) is 5.68. The maximum atomic E-state index is 13.1. The topological polar surface area (TPSA) is 58.6 Å². The van der Waals surface area contributed by atoms with Crippen molar-refractivity contribution in [1.82, 2.24) is 10.2 Å². The van der Waals surface area contributed by atoms with E-state index in [1.807, 2.05) is 18.2 Å². The van der Waals surface area contributed by atoms with Gasteiger partial charge in [0.15, 0.2) is 0 Å². The van der Waals surface area contributed by atoms with Crippen molar-refractivity contribution in [1.29, 1.82) is 0 Å². The molecule has 6 heteroatoms. The summed E-state index contributed by atoms with van der Waals surface area (Å²) in [6, 6.07) is 14.3. The second-order valence-electron chi connectivity index (χ2n) is 5.68. The van der Waals surface area contributed by atoms with E-state index in [0.29, 0.717) is 5.75 Å². The minimum atomic E-state index is -1.09. The molecular weight excluding hydrogens is 311 g/mol. The molecule has 24 heavy (non-hydrogen) atoms. The van der Waals surface area contributed by atoms with Gasteiger partial charge in [-0.25, -0.2) is 9.18 Å². The molecule has 5 nitrogen and oxygen atoms in total. The zero-order valence-corrected chi connectivity index (χ0v) is 13.2. The second kappa shape index (κ2) is 6.31. The molecular formula is C18H17FN2O3. The summed E-state index contributed by atoms with van der Waals surface area (Å²) in [5.41, 5.74) is -0.367. The minimum absolute atomic E-state index is 0.0869. The van der Waals surface area contributed by atoms with Crippen LogP contribution in [-0.4, -0.2) is 30.0 Å². The standard InChI is InChI=1S/C18H17FN2O3/c1-18(13-6-3-2-4-7-13)16(22)21(17(23)20-18)10-11-24-15-9-5-8-14(19)12-15/h2-9,12H,10-11H2,1H3,(H,20,23)/t18-/m0/s1. The van der Waals surface area contributed by atoms with Crippen LogP contribution < -0.4 is 10.1 Å². The first-order chi connectivity index (χ1) is 11.5. The lowest BCUT2D eigenvalue weighted by molar-refractivity contribution is -0.131. The Morgan fingerprint density at radius 2 is 1.88 bits per heavy atom. The lowest BCUT2D eigenvalue weighted by Crippen LogP contribution is -2.41. The molecule has 0 radical (unpaired) electrons. The van der Waals surface area contributed by atoms with Crippen LogP contribution in [0.2, 0.25) is 0 Å². The van der Waals surface area contributed by atoms with Crippen molar-refractivity contribution >= 4 is 11.9 Å². The molecule has 1 aliphatic heterocycles. The van der Waals surface area contributed by atoms with Gasteiger partial charge in [0.2, 0.25) is 0 Å². The van der Waals surface area contributed by atoms with E-state index in [1.54, 1.807) is 25.1 Å². The van der Waals surface area contributed by atoms with Gasteiger partial charge in [-0.3, -0.25) is 9.69 Å². The van der Waals surface area contributed by atoms with Crippen molar-refractivity contribution in [3.05, 3.63) is 66.0 Å². The number of carbonyl (C=O) groups is 2. The van der Waals surface area contributed by atoms with Gasteiger partial charge in [0.05, 0.1) is 6.54 Å². The van der Waals surface area contributed by atoms with Crippen molar-refractivity contribution in [2.45, 2.75) is 12.5 Å². The third-order valence-electron chi connectivity index (χ3n) is 4.01. The summed E-state index contributed by atoms with van der Waals surface area (Å²) in [6.07, 6.45) is 0. The third kappa shape index (κ3) is 2.95. The molecule has 2 aromatic rings. The van der Waals surface area contributed by atoms with Crippen LogP contribution >= 0.6 is 0 Å². The predicted octanol–water partition coefficient (Wildman–Crippen LogP) is 2.67. The van der Waals surface area contributed by atoms with Crippen molar-refractivity contribution in [2.24, 2.45) is 0 Å². The number of imide groups is 1. The van der Waals surface area contributed by atoms with Gasteiger partial charge in [-0.05, 0) is 24.6 Å². The molecule has 1 aliphatic rings. The number of benzene rings is 2. The van der Waals surface area contributed by atoms with E-state index in [4.69, 9.17) is 4.74 Å². The Bertz CT molecular complexity index is 766. The average molecular weight is 328 g/mol. The molecule has 1 fully saturated rings. The highest BCUT2D eigenvalue weighted by atomic mass is 19.1. The van der Waals surface area contributed by atoms with Gasteiger partial charge in [0, 0.05) is 6.07 Å². The van der Waals surface area contributed by atoms with E-state index in [1.165, 1.54) is 18.2 Å². The number of halogens is 1. The first kappa shape index (κ1) is 16.0. The molecule has 0 saturated carbocycles. The zero-order chi connectivity index (χ0) is 17.2. The fourth-order valence-electron chi connectivity index (χ4n) is 2.68. The largest absolute Gasteiger partial charge is 0.492 e. The Labute approximate surface area is 139 Å². The smallest absolute Gasteiger partial charge is 0.325 e. The van der Waals surface area contributed by atoms with Crippen LogP contribution in [0.5, 0.6) is 5.75 Å². The van der Waals surface area contributed by atoms with Gasteiger partial charge >= 0.3 is 6.03 Å². The van der Waals surface area contributed by atoms with Crippen LogP contribution in [0.25, 0.3) is 0 Å². The van der Waals surface area contributed by atoms with Crippen molar-refractivity contribution in [3.8, 4) is 5.75 Å². The Morgan fingerprint density at radius 3 is 2.58 bits per heavy atom. The van der Waals surface area contributed by atoms with Gasteiger partial charge in [-0.1, -0.05) is 36.4 Å². The fourth-order valence-corrected chi connectivity index (χ4v) is 2.68. The average Bonchev–Trinajstić information content (AvgIpc) is 2.80. The van der Waals surface area contributed by atoms with E-state index >= 15 is 0 Å². The summed E-state index contributed by atoms with van der Waals surface area (Å²) in [5.74, 6) is -0.381. The first-order valence-corrected chi connectivity index (χ1v) is 7.59. The molecule has 1 heterocycles.